The molecule has 1 aromatic rings. The molecule has 3 atom stereocenters. The lowest BCUT2D eigenvalue weighted by atomic mass is 9.70. The quantitative estimate of drug-likeness (QED) is 0.844. The van der Waals surface area contributed by atoms with Crippen molar-refractivity contribution in [1.29, 1.82) is 0 Å². The van der Waals surface area contributed by atoms with Crippen molar-refractivity contribution in [3.8, 4) is 0 Å². The Labute approximate surface area is 135 Å². The number of carbonyl (C=O) groups excluding carboxylic acids is 1. The second-order valence-corrected chi connectivity index (χ2v) is 6.90. The molecule has 6 heteroatoms. The Bertz CT molecular complexity index is 486. The van der Waals surface area contributed by atoms with E-state index in [0.717, 1.165) is 32.3 Å². The highest BCUT2D eigenvalue weighted by atomic mass is 32.1. The highest BCUT2D eigenvalue weighted by molar-refractivity contribution is 7.09. The van der Waals surface area contributed by atoms with Gasteiger partial charge in [-0.1, -0.05) is 6.07 Å². The number of hydrogen-bond donors (Lipinski definition) is 2. The van der Waals surface area contributed by atoms with Gasteiger partial charge < -0.3 is 20.1 Å². The van der Waals surface area contributed by atoms with E-state index < -0.39 is 0 Å². The lowest BCUT2D eigenvalue weighted by molar-refractivity contribution is -0.194. The summed E-state index contributed by atoms with van der Waals surface area (Å²) in [5.74, 6) is 0. The minimum absolute atomic E-state index is 0.0632. The molecule has 1 saturated heterocycles. The third kappa shape index (κ3) is 3.14. The summed E-state index contributed by atoms with van der Waals surface area (Å²) in [6.07, 6.45) is 3.85. The predicted molar refractivity (Wildman–Crippen MR) is 86.3 cm³/mol. The van der Waals surface area contributed by atoms with Gasteiger partial charge >= 0.3 is 6.03 Å². The van der Waals surface area contributed by atoms with Crippen molar-refractivity contribution in [1.82, 2.24) is 10.6 Å². The van der Waals surface area contributed by atoms with Crippen molar-refractivity contribution in [3.63, 3.8) is 0 Å². The maximum absolute atomic E-state index is 12.1. The van der Waals surface area contributed by atoms with E-state index >= 15 is 0 Å². The van der Waals surface area contributed by atoms with Gasteiger partial charge in [-0.15, -0.1) is 11.3 Å². The summed E-state index contributed by atoms with van der Waals surface area (Å²) in [5.41, 5.74) is -0.291. The standard InChI is InChI=1S/C16H24N2O3S/c1-2-20-14-11-13(16(14)7-4-9-21-16)18-15(19)17-8-6-12-5-3-10-22-12/h3,5,10,13-14H,2,4,6-9,11H2,1H3,(H2,17,18,19)/t13-,14+,16+/m0/s1. The van der Waals surface area contributed by atoms with Crippen LogP contribution < -0.4 is 10.6 Å². The third-order valence-corrected chi connectivity index (χ3v) is 5.51. The summed E-state index contributed by atoms with van der Waals surface area (Å²) in [4.78, 5) is 13.4. The van der Waals surface area contributed by atoms with Crippen LogP contribution in [0, 0.1) is 0 Å². The molecule has 0 aromatic carbocycles. The average Bonchev–Trinajstić information content (AvgIpc) is 3.19. The van der Waals surface area contributed by atoms with E-state index in [1.165, 1.54) is 4.88 Å². The van der Waals surface area contributed by atoms with Gasteiger partial charge in [0.15, 0.2) is 0 Å². The minimum atomic E-state index is -0.291. The van der Waals surface area contributed by atoms with E-state index in [1.54, 1.807) is 11.3 Å². The minimum Gasteiger partial charge on any atom is -0.375 e. The van der Waals surface area contributed by atoms with Crippen LogP contribution in [0.25, 0.3) is 0 Å². The van der Waals surface area contributed by atoms with Gasteiger partial charge in [-0.3, -0.25) is 0 Å². The molecule has 0 bridgehead atoms. The van der Waals surface area contributed by atoms with E-state index in [4.69, 9.17) is 9.47 Å². The smallest absolute Gasteiger partial charge is 0.315 e. The Morgan fingerprint density at radius 3 is 3.18 bits per heavy atom. The van der Waals surface area contributed by atoms with Gasteiger partial charge in [0, 0.05) is 24.6 Å². The van der Waals surface area contributed by atoms with Crippen LogP contribution in [-0.2, 0) is 15.9 Å². The summed E-state index contributed by atoms with van der Waals surface area (Å²) in [7, 11) is 0. The third-order valence-electron chi connectivity index (χ3n) is 4.58. The normalized spacial score (nSPS) is 30.2. The maximum Gasteiger partial charge on any atom is 0.315 e. The molecule has 22 heavy (non-hydrogen) atoms. The molecule has 1 spiro atoms. The van der Waals surface area contributed by atoms with E-state index in [0.29, 0.717) is 13.2 Å². The monoisotopic (exact) mass is 324 g/mol. The molecule has 122 valence electrons. The van der Waals surface area contributed by atoms with Gasteiger partial charge in [-0.2, -0.15) is 0 Å². The molecule has 1 saturated carbocycles. The zero-order valence-electron chi connectivity index (χ0n) is 13.0. The molecule has 1 aliphatic carbocycles. The molecular formula is C16H24N2O3S. The van der Waals surface area contributed by atoms with Crippen LogP contribution in [0.4, 0.5) is 4.79 Å². The SMILES string of the molecule is CCO[C@@H]1C[C@H](NC(=O)NCCc2cccs2)[C@]12CCCO2. The Morgan fingerprint density at radius 1 is 1.59 bits per heavy atom. The van der Waals surface area contributed by atoms with Crippen molar-refractivity contribution >= 4 is 17.4 Å². The number of thiophene rings is 1. The zero-order valence-corrected chi connectivity index (χ0v) is 13.8. The second-order valence-electron chi connectivity index (χ2n) is 5.87. The molecule has 5 nitrogen and oxygen atoms in total. The van der Waals surface area contributed by atoms with Gasteiger partial charge in [0.2, 0.25) is 0 Å². The fourth-order valence-corrected chi connectivity index (χ4v) is 4.15. The lowest BCUT2D eigenvalue weighted by Crippen LogP contribution is -2.70. The molecule has 2 aliphatic rings. The molecule has 0 unspecified atom stereocenters. The average molecular weight is 324 g/mol. The maximum atomic E-state index is 12.1. The zero-order chi connectivity index (χ0) is 15.4. The van der Waals surface area contributed by atoms with Crippen LogP contribution in [0.1, 0.15) is 31.1 Å². The summed E-state index contributed by atoms with van der Waals surface area (Å²) in [6, 6.07) is 4.08. The van der Waals surface area contributed by atoms with Gasteiger partial charge in [0.25, 0.3) is 0 Å². The topological polar surface area (TPSA) is 59.6 Å². The van der Waals surface area contributed by atoms with Gasteiger partial charge in [-0.25, -0.2) is 4.79 Å². The van der Waals surface area contributed by atoms with E-state index in [-0.39, 0.29) is 23.8 Å². The van der Waals surface area contributed by atoms with Crippen LogP contribution in [0.15, 0.2) is 17.5 Å². The number of carbonyl (C=O) groups is 1. The Hall–Kier alpha value is -1.11. The number of nitrogens with one attached hydrogen (secondary N) is 2. The van der Waals surface area contributed by atoms with Gasteiger partial charge in [-0.05, 0) is 44.1 Å². The first-order valence-electron chi connectivity index (χ1n) is 8.07. The number of ether oxygens (including phenoxy) is 2. The molecular weight excluding hydrogens is 300 g/mol. The molecule has 2 fully saturated rings. The Balaban J connectivity index is 1.45. The number of hydrogen-bond acceptors (Lipinski definition) is 4. The molecule has 1 aromatic heterocycles. The Morgan fingerprint density at radius 2 is 2.50 bits per heavy atom. The molecule has 2 heterocycles. The van der Waals surface area contributed by atoms with Gasteiger partial charge in [0.05, 0.1) is 12.1 Å². The van der Waals surface area contributed by atoms with E-state index in [1.807, 2.05) is 13.0 Å². The van der Waals surface area contributed by atoms with Gasteiger partial charge in [0.1, 0.15) is 5.60 Å². The van der Waals surface area contributed by atoms with Crippen LogP contribution in [0.3, 0.4) is 0 Å². The van der Waals surface area contributed by atoms with Crippen LogP contribution in [0.5, 0.6) is 0 Å². The summed E-state index contributed by atoms with van der Waals surface area (Å²) in [5, 5.41) is 8.05. The fourth-order valence-electron chi connectivity index (χ4n) is 3.44. The number of urea groups is 1. The molecule has 0 radical (unpaired) electrons. The van der Waals surface area contributed by atoms with E-state index in [9.17, 15) is 4.79 Å². The van der Waals surface area contributed by atoms with Crippen LogP contribution in [-0.4, -0.2) is 43.5 Å². The Kier molecular flexibility index (Phi) is 5.00. The first-order chi connectivity index (χ1) is 10.7. The molecule has 1 aliphatic heterocycles. The number of rotatable bonds is 6. The van der Waals surface area contributed by atoms with E-state index in [2.05, 4.69) is 22.1 Å². The lowest BCUT2D eigenvalue weighted by Gasteiger charge is -2.52. The highest BCUT2D eigenvalue weighted by Crippen LogP contribution is 2.45. The van der Waals surface area contributed by atoms with Crippen molar-refractivity contribution in [2.24, 2.45) is 0 Å². The second kappa shape index (κ2) is 6.98. The first-order valence-corrected chi connectivity index (χ1v) is 8.95. The van der Waals surface area contributed by atoms with Crippen LogP contribution >= 0.6 is 11.3 Å². The van der Waals surface area contributed by atoms with Crippen LogP contribution in [0.2, 0.25) is 0 Å². The first kappa shape index (κ1) is 15.8. The highest BCUT2D eigenvalue weighted by Gasteiger charge is 2.59. The van der Waals surface area contributed by atoms with Crippen molar-refractivity contribution in [2.75, 3.05) is 19.8 Å². The molecule has 2 N–H and O–H groups in total. The fraction of sp³-hybridized carbons (Fsp3) is 0.688. The largest absolute Gasteiger partial charge is 0.375 e. The van der Waals surface area contributed by atoms with Crippen molar-refractivity contribution in [2.45, 2.75) is 50.4 Å². The number of amides is 2. The van der Waals surface area contributed by atoms with Crippen molar-refractivity contribution in [3.05, 3.63) is 22.4 Å². The predicted octanol–water partition coefficient (Wildman–Crippen LogP) is 2.32. The van der Waals surface area contributed by atoms with Crippen molar-refractivity contribution < 1.29 is 14.3 Å². The summed E-state index contributed by atoms with van der Waals surface area (Å²) >= 11 is 1.72. The molecule has 2 amide bonds. The summed E-state index contributed by atoms with van der Waals surface area (Å²) < 4.78 is 11.7. The summed E-state index contributed by atoms with van der Waals surface area (Å²) in [6.45, 7) is 4.11. The molecule has 3 rings (SSSR count).